The van der Waals surface area contributed by atoms with E-state index in [9.17, 15) is 27.2 Å². The molecule has 0 bridgehead atoms. The summed E-state index contributed by atoms with van der Waals surface area (Å²) in [6.07, 6.45) is 0.597. The molecule has 1 aliphatic rings. The Kier molecular flexibility index (Phi) is 5.54. The van der Waals surface area contributed by atoms with Crippen LogP contribution in [0.4, 0.5) is 28.9 Å². The van der Waals surface area contributed by atoms with Crippen LogP contribution in [0.25, 0.3) is 0 Å². The van der Waals surface area contributed by atoms with Crippen molar-refractivity contribution in [3.8, 4) is 18.1 Å². The SMILES string of the molecule is C#CCN1C(=O)COc2cc(F)c(NC(=O)/C(C)=C(\C=[NH2+])C(F)(F)F)cc21. The number of rotatable bonds is 4. The molecular formula is C17H14F4N3O3+. The molecule has 0 atom stereocenters. The minimum atomic E-state index is -4.85. The Morgan fingerprint density at radius 2 is 2.15 bits per heavy atom. The Balaban J connectivity index is 2.42. The summed E-state index contributed by atoms with van der Waals surface area (Å²) < 4.78 is 57.9. The van der Waals surface area contributed by atoms with Crippen LogP contribution in [0.2, 0.25) is 0 Å². The highest BCUT2D eigenvalue weighted by Gasteiger charge is 2.37. The van der Waals surface area contributed by atoms with Gasteiger partial charge in [-0.25, -0.2) is 4.39 Å². The molecule has 27 heavy (non-hydrogen) atoms. The molecule has 0 saturated carbocycles. The molecule has 10 heteroatoms. The third-order valence-electron chi connectivity index (χ3n) is 3.71. The predicted octanol–water partition coefficient (Wildman–Crippen LogP) is 0.831. The lowest BCUT2D eigenvalue weighted by Gasteiger charge is -2.28. The molecule has 142 valence electrons. The number of allylic oxidation sites excluding steroid dienone is 1. The average Bonchev–Trinajstić information content (AvgIpc) is 2.58. The number of fused-ring (bicyclic) bond motifs is 1. The highest BCUT2D eigenvalue weighted by Crippen LogP contribution is 2.36. The largest absolute Gasteiger partial charge is 0.481 e. The van der Waals surface area contributed by atoms with Crippen molar-refractivity contribution in [2.75, 3.05) is 23.4 Å². The molecule has 0 fully saturated rings. The van der Waals surface area contributed by atoms with Crippen molar-refractivity contribution in [2.45, 2.75) is 13.1 Å². The third kappa shape index (κ3) is 4.08. The number of hydrogen-bond donors (Lipinski definition) is 2. The van der Waals surface area contributed by atoms with Gasteiger partial charge < -0.3 is 10.1 Å². The van der Waals surface area contributed by atoms with E-state index in [1.807, 2.05) is 5.32 Å². The van der Waals surface area contributed by atoms with Crippen LogP contribution < -0.4 is 20.4 Å². The Labute approximate surface area is 151 Å². The van der Waals surface area contributed by atoms with Gasteiger partial charge in [0.1, 0.15) is 11.3 Å². The summed E-state index contributed by atoms with van der Waals surface area (Å²) >= 11 is 0. The first kappa shape index (κ1) is 20.0. The number of carbonyl (C=O) groups excluding carboxylic acids is 2. The maximum Gasteiger partial charge on any atom is 0.422 e. The van der Waals surface area contributed by atoms with Crippen molar-refractivity contribution >= 4 is 29.4 Å². The zero-order chi connectivity index (χ0) is 20.4. The summed E-state index contributed by atoms with van der Waals surface area (Å²) in [6.45, 7) is 0.422. The molecule has 3 N–H and O–H groups in total. The lowest BCUT2D eigenvalue weighted by molar-refractivity contribution is -0.122. The molecule has 0 aliphatic carbocycles. The van der Waals surface area contributed by atoms with Gasteiger partial charge in [-0.15, -0.1) is 6.42 Å². The molecule has 0 saturated heterocycles. The van der Waals surface area contributed by atoms with Gasteiger partial charge in [-0.2, -0.15) is 13.2 Å². The van der Waals surface area contributed by atoms with Gasteiger partial charge in [-0.1, -0.05) is 5.92 Å². The Morgan fingerprint density at radius 3 is 2.70 bits per heavy atom. The average molecular weight is 384 g/mol. The topological polar surface area (TPSA) is 84.2 Å². The number of alkyl halides is 3. The molecule has 1 aromatic carbocycles. The maximum atomic E-state index is 14.2. The van der Waals surface area contributed by atoms with E-state index in [2.05, 4.69) is 5.92 Å². The Hall–Kier alpha value is -3.35. The first-order chi connectivity index (χ1) is 12.6. The number of benzene rings is 1. The van der Waals surface area contributed by atoms with Gasteiger partial charge in [0.15, 0.2) is 18.6 Å². The molecule has 1 heterocycles. The van der Waals surface area contributed by atoms with Crippen LogP contribution in [0.15, 0.2) is 23.3 Å². The minimum absolute atomic E-state index is 0.0129. The van der Waals surface area contributed by atoms with Crippen LogP contribution in [0.1, 0.15) is 6.92 Å². The maximum absolute atomic E-state index is 14.2. The van der Waals surface area contributed by atoms with Crippen molar-refractivity contribution in [1.82, 2.24) is 0 Å². The van der Waals surface area contributed by atoms with E-state index in [0.717, 1.165) is 24.0 Å². The fourth-order valence-electron chi connectivity index (χ4n) is 2.35. The first-order valence-corrected chi connectivity index (χ1v) is 7.44. The third-order valence-corrected chi connectivity index (χ3v) is 3.71. The van der Waals surface area contributed by atoms with Crippen LogP contribution in [0.3, 0.4) is 0 Å². The lowest BCUT2D eigenvalue weighted by Crippen LogP contribution is -2.39. The number of halogens is 4. The molecule has 2 rings (SSSR count). The van der Waals surface area contributed by atoms with Crippen molar-refractivity contribution < 1.29 is 37.3 Å². The number of amides is 2. The first-order valence-electron chi connectivity index (χ1n) is 7.44. The fourth-order valence-corrected chi connectivity index (χ4v) is 2.35. The molecule has 1 aliphatic heterocycles. The van der Waals surface area contributed by atoms with E-state index in [1.54, 1.807) is 0 Å². The van der Waals surface area contributed by atoms with E-state index in [4.69, 9.17) is 16.6 Å². The van der Waals surface area contributed by atoms with Gasteiger partial charge in [0.2, 0.25) is 0 Å². The van der Waals surface area contributed by atoms with Gasteiger partial charge in [0.25, 0.3) is 11.8 Å². The van der Waals surface area contributed by atoms with E-state index >= 15 is 0 Å². The van der Waals surface area contributed by atoms with E-state index < -0.39 is 40.6 Å². The monoisotopic (exact) mass is 384 g/mol. The number of nitrogens with zero attached hydrogens (tertiary/aromatic N) is 1. The smallest absolute Gasteiger partial charge is 0.422 e. The van der Waals surface area contributed by atoms with Gasteiger partial charge in [0.05, 0.1) is 17.9 Å². The second-order valence-electron chi connectivity index (χ2n) is 5.43. The quantitative estimate of drug-likeness (QED) is 0.349. The number of nitrogens with one attached hydrogen (secondary N) is 1. The van der Waals surface area contributed by atoms with E-state index in [0.29, 0.717) is 0 Å². The van der Waals surface area contributed by atoms with Crippen molar-refractivity contribution in [3.05, 3.63) is 29.1 Å². The second kappa shape index (κ2) is 7.49. The standard InChI is InChI=1S/C17H13F4N3O3/c1-3-4-24-13-6-12(11(18)5-14(13)27-8-15(24)25)23-16(26)9(2)10(7-22)17(19,20)21/h1,5-7,22H,4,8H2,2H3,(H,23,26)/p+1/b10-9+,22-7?. The lowest BCUT2D eigenvalue weighted by atomic mass is 10.1. The highest BCUT2D eigenvalue weighted by molar-refractivity contribution is 6.07. The number of carbonyl (C=O) groups is 2. The molecule has 6 nitrogen and oxygen atoms in total. The van der Waals surface area contributed by atoms with Gasteiger partial charge in [0, 0.05) is 11.6 Å². The number of nitrogens with two attached hydrogens (primary N) is 1. The number of ether oxygens (including phenoxy) is 1. The van der Waals surface area contributed by atoms with Crippen molar-refractivity contribution in [2.24, 2.45) is 0 Å². The molecule has 0 radical (unpaired) electrons. The van der Waals surface area contributed by atoms with E-state index in [1.165, 1.54) is 0 Å². The highest BCUT2D eigenvalue weighted by atomic mass is 19.4. The zero-order valence-corrected chi connectivity index (χ0v) is 14.0. The fraction of sp³-hybridized carbons (Fsp3) is 0.235. The number of anilines is 2. The summed E-state index contributed by atoms with van der Waals surface area (Å²) in [6, 6.07) is 1.96. The van der Waals surface area contributed by atoms with Crippen LogP contribution in [0.5, 0.6) is 5.75 Å². The summed E-state index contributed by atoms with van der Waals surface area (Å²) in [5, 5.41) is 6.97. The minimum Gasteiger partial charge on any atom is -0.481 e. The van der Waals surface area contributed by atoms with Gasteiger partial charge >= 0.3 is 6.18 Å². The normalized spacial score (nSPS) is 14.5. The van der Waals surface area contributed by atoms with Crippen molar-refractivity contribution in [1.29, 1.82) is 0 Å². The molecule has 0 aromatic heterocycles. The molecule has 2 amide bonds. The van der Waals surface area contributed by atoms with Crippen LogP contribution in [0, 0.1) is 18.2 Å². The number of hydrogen-bond acceptors (Lipinski definition) is 3. The molecule has 0 spiro atoms. The van der Waals surface area contributed by atoms with Crippen LogP contribution >= 0.6 is 0 Å². The van der Waals surface area contributed by atoms with Gasteiger partial charge in [-0.05, 0) is 13.0 Å². The molecular weight excluding hydrogens is 370 g/mol. The molecule has 0 unspecified atom stereocenters. The predicted molar refractivity (Wildman–Crippen MR) is 88.5 cm³/mol. The Bertz CT molecular complexity index is 885. The van der Waals surface area contributed by atoms with Gasteiger partial charge in [-0.3, -0.25) is 19.9 Å². The zero-order valence-electron chi connectivity index (χ0n) is 14.0. The second-order valence-corrected chi connectivity index (χ2v) is 5.43. The Morgan fingerprint density at radius 1 is 1.48 bits per heavy atom. The molecule has 1 aromatic rings. The summed E-state index contributed by atoms with van der Waals surface area (Å²) in [4.78, 5) is 25.1. The van der Waals surface area contributed by atoms with Crippen molar-refractivity contribution in [3.63, 3.8) is 0 Å². The van der Waals surface area contributed by atoms with Crippen LogP contribution in [-0.2, 0) is 9.59 Å². The summed E-state index contributed by atoms with van der Waals surface area (Å²) in [7, 11) is 0. The summed E-state index contributed by atoms with van der Waals surface area (Å²) in [5.74, 6) is -0.393. The van der Waals surface area contributed by atoms with Crippen LogP contribution in [-0.4, -0.2) is 37.4 Å². The number of terminal acetylenes is 1. The summed E-state index contributed by atoms with van der Waals surface area (Å²) in [5.41, 5.74) is -2.47. The van der Waals surface area contributed by atoms with E-state index in [-0.39, 0.29) is 30.8 Å².